The van der Waals surface area contributed by atoms with Crippen LogP contribution in [0.25, 0.3) is 0 Å². The molecular weight excluding hydrogens is 376 g/mol. The summed E-state index contributed by atoms with van der Waals surface area (Å²) in [5.74, 6) is 1.01. The summed E-state index contributed by atoms with van der Waals surface area (Å²) in [6.07, 6.45) is 6.41. The van der Waals surface area contributed by atoms with Crippen LogP contribution in [0.15, 0.2) is 29.1 Å². The Morgan fingerprint density at radius 1 is 1.20 bits per heavy atom. The van der Waals surface area contributed by atoms with E-state index in [0.717, 1.165) is 55.9 Å². The Morgan fingerprint density at radius 3 is 2.77 bits per heavy atom. The van der Waals surface area contributed by atoms with Crippen LogP contribution in [-0.2, 0) is 24.7 Å². The number of piperidine rings is 1. The van der Waals surface area contributed by atoms with Crippen LogP contribution in [0.2, 0.25) is 0 Å². The molecule has 156 valence electrons. The summed E-state index contributed by atoms with van der Waals surface area (Å²) >= 11 is 0. The second-order valence-corrected chi connectivity index (χ2v) is 10.2. The van der Waals surface area contributed by atoms with Gasteiger partial charge in [-0.3, -0.25) is 9.59 Å². The molecule has 2 atom stereocenters. The maximum atomic E-state index is 12.5. The number of carbonyl (C=O) groups is 1. The first-order chi connectivity index (χ1) is 14.4. The van der Waals surface area contributed by atoms with Crippen molar-refractivity contribution in [3.05, 3.63) is 62.6 Å². The second kappa shape index (κ2) is 6.07. The summed E-state index contributed by atoms with van der Waals surface area (Å²) in [5.41, 5.74) is 4.71. The quantitative estimate of drug-likeness (QED) is 0.772. The average molecular weight is 405 g/mol. The van der Waals surface area contributed by atoms with Gasteiger partial charge in [-0.2, -0.15) is 0 Å². The van der Waals surface area contributed by atoms with E-state index in [-0.39, 0.29) is 27.7 Å². The Bertz CT molecular complexity index is 1130. The monoisotopic (exact) mass is 404 g/mol. The number of aromatic amines is 1. The number of rotatable bonds is 3. The number of pyridine rings is 1. The molecule has 2 fully saturated rings. The fourth-order valence-electron chi connectivity index (χ4n) is 6.78. The van der Waals surface area contributed by atoms with Crippen LogP contribution >= 0.6 is 0 Å². The third-order valence-electron chi connectivity index (χ3n) is 8.35. The van der Waals surface area contributed by atoms with E-state index in [1.165, 1.54) is 37.4 Å². The first-order valence-electron chi connectivity index (χ1n) is 11.2. The minimum atomic E-state index is -0.273. The van der Waals surface area contributed by atoms with Crippen LogP contribution in [0, 0.1) is 11.3 Å². The molecule has 5 heteroatoms. The first kappa shape index (κ1) is 18.4. The Kier molecular flexibility index (Phi) is 3.72. The van der Waals surface area contributed by atoms with Gasteiger partial charge in [-0.05, 0) is 92.8 Å². The Hall–Kier alpha value is -2.40. The molecule has 1 saturated heterocycles. The average Bonchev–Trinajstić information content (AvgIpc) is 3.46. The van der Waals surface area contributed by atoms with Crippen LogP contribution < -0.4 is 5.56 Å². The number of hydrogen-bond acceptors (Lipinski definition) is 4. The van der Waals surface area contributed by atoms with Gasteiger partial charge in [0, 0.05) is 29.6 Å². The van der Waals surface area contributed by atoms with E-state index in [2.05, 4.69) is 16.0 Å². The fraction of sp³-hybridized carbons (Fsp3) is 0.520. The van der Waals surface area contributed by atoms with Crippen molar-refractivity contribution in [3.63, 3.8) is 0 Å². The van der Waals surface area contributed by atoms with Crippen molar-refractivity contribution < 1.29 is 9.90 Å². The van der Waals surface area contributed by atoms with Crippen LogP contribution in [-0.4, -0.2) is 40.4 Å². The van der Waals surface area contributed by atoms with E-state index in [1.54, 1.807) is 6.07 Å². The molecule has 1 unspecified atom stereocenters. The maximum Gasteiger partial charge on any atom is 0.259 e. The molecule has 2 N–H and O–H groups in total. The van der Waals surface area contributed by atoms with Gasteiger partial charge in [-0.15, -0.1) is 0 Å². The van der Waals surface area contributed by atoms with Gasteiger partial charge in [0.15, 0.2) is 5.78 Å². The number of aromatic nitrogens is 1. The van der Waals surface area contributed by atoms with E-state index in [9.17, 15) is 14.7 Å². The van der Waals surface area contributed by atoms with Crippen LogP contribution in [0.3, 0.4) is 0 Å². The van der Waals surface area contributed by atoms with Crippen molar-refractivity contribution >= 4 is 5.78 Å². The summed E-state index contributed by atoms with van der Waals surface area (Å²) in [6.45, 7) is 4.77. The lowest BCUT2D eigenvalue weighted by molar-refractivity contribution is 0.00114. The molecule has 30 heavy (non-hydrogen) atoms. The molecule has 6 rings (SSSR count). The first-order valence-corrected chi connectivity index (χ1v) is 11.2. The van der Waals surface area contributed by atoms with Crippen molar-refractivity contribution in [2.75, 3.05) is 19.6 Å². The minimum Gasteiger partial charge on any atom is -0.508 e. The number of aromatic hydroxyl groups is 1. The molecule has 0 radical (unpaired) electrons. The number of phenols is 1. The Labute approximate surface area is 176 Å². The topological polar surface area (TPSA) is 73.4 Å². The summed E-state index contributed by atoms with van der Waals surface area (Å²) in [6, 6.07) is 7.73. The van der Waals surface area contributed by atoms with Crippen molar-refractivity contribution in [2.45, 2.75) is 50.9 Å². The van der Waals surface area contributed by atoms with Gasteiger partial charge in [0.25, 0.3) is 5.56 Å². The number of nitrogens with zero attached hydrogens (tertiary/aromatic N) is 1. The van der Waals surface area contributed by atoms with Crippen molar-refractivity contribution in [1.29, 1.82) is 0 Å². The number of Topliss-reactive ketones (excluding diaryl/α,β-unsaturated/α-hetero) is 1. The highest BCUT2D eigenvalue weighted by Crippen LogP contribution is 2.62. The maximum absolute atomic E-state index is 12.5. The molecule has 3 aliphatic carbocycles. The highest BCUT2D eigenvalue weighted by atomic mass is 16.3. The summed E-state index contributed by atoms with van der Waals surface area (Å²) in [5, 5.41) is 10.3. The van der Waals surface area contributed by atoms with E-state index < -0.39 is 0 Å². The van der Waals surface area contributed by atoms with Gasteiger partial charge in [0.1, 0.15) is 5.75 Å². The number of fused-ring (bicyclic) bond motifs is 2. The normalized spacial score (nSPS) is 29.6. The smallest absolute Gasteiger partial charge is 0.259 e. The molecule has 0 bridgehead atoms. The lowest BCUT2D eigenvalue weighted by atomic mass is 9.52. The summed E-state index contributed by atoms with van der Waals surface area (Å²) in [4.78, 5) is 30.3. The SMILES string of the molecule is CC(=O)c1cc2c([nH]c1=O)C[C@@]13CCN(CC4CC4)CC1(Cc1ccc(O)cc13)C2. The number of H-pyrrole nitrogens is 1. The number of hydrogen-bond donors (Lipinski definition) is 2. The fourth-order valence-corrected chi connectivity index (χ4v) is 6.78. The lowest BCUT2D eigenvalue weighted by Gasteiger charge is -2.56. The minimum absolute atomic E-state index is 0.0512. The summed E-state index contributed by atoms with van der Waals surface area (Å²) in [7, 11) is 0. The Morgan fingerprint density at radius 2 is 2.00 bits per heavy atom. The van der Waals surface area contributed by atoms with Gasteiger partial charge < -0.3 is 15.0 Å². The van der Waals surface area contributed by atoms with Crippen molar-refractivity contribution in [3.8, 4) is 5.75 Å². The molecule has 2 heterocycles. The zero-order valence-corrected chi connectivity index (χ0v) is 17.5. The van der Waals surface area contributed by atoms with Crippen LogP contribution in [0.1, 0.15) is 58.9 Å². The van der Waals surface area contributed by atoms with E-state index in [0.29, 0.717) is 5.75 Å². The molecule has 1 aromatic carbocycles. The standard InChI is InChI=1S/C25H28N2O3/c1-15(28)20-8-18-11-24-10-17-4-5-19(29)9-21(17)25(24,12-22(18)26-23(20)30)6-7-27(14-24)13-16-2-3-16/h4-5,8-9,16,29H,2-3,6-7,10-14H2,1H3,(H,26,30)/t24?,25-/m1/s1. The van der Waals surface area contributed by atoms with E-state index >= 15 is 0 Å². The van der Waals surface area contributed by atoms with Gasteiger partial charge in [0.05, 0.1) is 5.56 Å². The molecule has 0 amide bonds. The van der Waals surface area contributed by atoms with Gasteiger partial charge >= 0.3 is 0 Å². The molecule has 1 aromatic heterocycles. The number of ketones is 1. The van der Waals surface area contributed by atoms with Crippen molar-refractivity contribution in [2.24, 2.45) is 11.3 Å². The second-order valence-electron chi connectivity index (χ2n) is 10.2. The number of likely N-dealkylation sites (tertiary alicyclic amines) is 1. The largest absolute Gasteiger partial charge is 0.508 e. The molecule has 1 saturated carbocycles. The number of nitrogens with one attached hydrogen (secondary N) is 1. The third kappa shape index (κ3) is 2.51. The molecule has 1 aliphatic heterocycles. The highest BCUT2D eigenvalue weighted by Gasteiger charge is 2.61. The predicted molar refractivity (Wildman–Crippen MR) is 114 cm³/mol. The molecule has 2 aromatic rings. The van der Waals surface area contributed by atoms with Crippen LogP contribution in [0.4, 0.5) is 0 Å². The van der Waals surface area contributed by atoms with Gasteiger partial charge in [0.2, 0.25) is 0 Å². The molecule has 4 aliphatic rings. The predicted octanol–water partition coefficient (Wildman–Crippen LogP) is 2.98. The molecular formula is C25H28N2O3. The van der Waals surface area contributed by atoms with Crippen LogP contribution in [0.5, 0.6) is 5.75 Å². The molecule has 5 nitrogen and oxygen atoms in total. The van der Waals surface area contributed by atoms with Gasteiger partial charge in [-0.1, -0.05) is 6.07 Å². The molecule has 0 spiro atoms. The number of phenolic OH excluding ortho intramolecular Hbond substituents is 1. The third-order valence-corrected chi connectivity index (χ3v) is 8.35. The number of carbonyl (C=O) groups excluding carboxylic acids is 1. The van der Waals surface area contributed by atoms with Gasteiger partial charge in [-0.25, -0.2) is 0 Å². The highest BCUT2D eigenvalue weighted by molar-refractivity contribution is 5.93. The van der Waals surface area contributed by atoms with E-state index in [4.69, 9.17) is 0 Å². The number of benzene rings is 1. The van der Waals surface area contributed by atoms with E-state index in [1.807, 2.05) is 12.1 Å². The van der Waals surface area contributed by atoms with Crippen molar-refractivity contribution in [1.82, 2.24) is 9.88 Å². The summed E-state index contributed by atoms with van der Waals surface area (Å²) < 4.78 is 0. The lowest BCUT2D eigenvalue weighted by Crippen LogP contribution is -2.60. The Balaban J connectivity index is 1.50. The zero-order valence-electron chi connectivity index (χ0n) is 17.5. The zero-order chi connectivity index (χ0) is 20.7.